The minimum Gasteiger partial charge on any atom is -0.478 e. The lowest BCUT2D eigenvalue weighted by atomic mass is 9.96. The molecule has 11 heteroatoms. The largest absolute Gasteiger partial charge is 0.478 e. The predicted molar refractivity (Wildman–Crippen MR) is 148 cm³/mol. The molecule has 4 aromatic rings. The SMILES string of the molecule is CCOC(=O)C1=C(C)N=c2s/c(=C\c3ccc(-c4ccc(Cl)c(C(=O)O)c4)o3)c(=O)n2C1c1ccc(Cl)cc1. The second-order valence-electron chi connectivity index (χ2n) is 8.56. The molecular weight excluding hydrogens is 563 g/mol. The van der Waals surface area contributed by atoms with Crippen molar-refractivity contribution >= 4 is 52.6 Å². The Morgan fingerprint density at radius 1 is 1.15 bits per heavy atom. The molecular formula is C28H20Cl2N2O6S. The van der Waals surface area contributed by atoms with E-state index in [1.165, 1.54) is 16.7 Å². The van der Waals surface area contributed by atoms with Crippen molar-refractivity contribution in [3.63, 3.8) is 0 Å². The number of hydrogen-bond acceptors (Lipinski definition) is 7. The maximum absolute atomic E-state index is 13.7. The Bertz CT molecular complexity index is 1830. The van der Waals surface area contributed by atoms with Crippen molar-refractivity contribution < 1.29 is 23.8 Å². The first-order valence-corrected chi connectivity index (χ1v) is 13.3. The molecule has 39 heavy (non-hydrogen) atoms. The highest BCUT2D eigenvalue weighted by Crippen LogP contribution is 2.31. The van der Waals surface area contributed by atoms with E-state index in [4.69, 9.17) is 32.4 Å². The Kier molecular flexibility index (Phi) is 7.31. The van der Waals surface area contributed by atoms with Gasteiger partial charge in [0.25, 0.3) is 5.56 Å². The van der Waals surface area contributed by atoms with Gasteiger partial charge in [-0.1, -0.05) is 46.7 Å². The summed E-state index contributed by atoms with van der Waals surface area (Å²) in [5.74, 6) is -0.908. The summed E-state index contributed by atoms with van der Waals surface area (Å²) in [4.78, 5) is 43.1. The number of thiazole rings is 1. The number of carboxylic acid groups (broad SMARTS) is 1. The zero-order valence-electron chi connectivity index (χ0n) is 20.6. The first-order valence-electron chi connectivity index (χ1n) is 11.8. The lowest BCUT2D eigenvalue weighted by Gasteiger charge is -2.24. The average Bonchev–Trinajstić information content (AvgIpc) is 3.48. The van der Waals surface area contributed by atoms with Gasteiger partial charge >= 0.3 is 11.9 Å². The van der Waals surface area contributed by atoms with Gasteiger partial charge in [0.15, 0.2) is 4.80 Å². The molecule has 5 rings (SSSR count). The van der Waals surface area contributed by atoms with Crippen LogP contribution in [0.25, 0.3) is 17.4 Å². The average molecular weight is 583 g/mol. The van der Waals surface area contributed by atoms with Gasteiger partial charge in [-0.25, -0.2) is 14.6 Å². The highest BCUT2D eigenvalue weighted by Gasteiger charge is 2.33. The maximum atomic E-state index is 13.7. The van der Waals surface area contributed by atoms with Crippen LogP contribution in [0.1, 0.15) is 41.6 Å². The van der Waals surface area contributed by atoms with Crippen molar-refractivity contribution in [2.45, 2.75) is 19.9 Å². The molecule has 0 radical (unpaired) electrons. The molecule has 0 fully saturated rings. The van der Waals surface area contributed by atoms with Crippen LogP contribution < -0.4 is 14.9 Å². The summed E-state index contributed by atoms with van der Waals surface area (Å²) >= 11 is 13.2. The first-order chi connectivity index (χ1) is 18.7. The van der Waals surface area contributed by atoms with E-state index in [1.807, 2.05) is 0 Å². The van der Waals surface area contributed by atoms with Gasteiger partial charge in [0.05, 0.1) is 39.0 Å². The smallest absolute Gasteiger partial charge is 0.338 e. The van der Waals surface area contributed by atoms with E-state index in [0.29, 0.717) is 42.7 Å². The number of halogens is 2. The molecule has 0 saturated carbocycles. The fourth-order valence-corrected chi connectivity index (χ4v) is 5.66. The number of aromatic nitrogens is 1. The van der Waals surface area contributed by atoms with Gasteiger partial charge in [-0.05, 0) is 61.9 Å². The van der Waals surface area contributed by atoms with Gasteiger partial charge in [-0.2, -0.15) is 0 Å². The summed E-state index contributed by atoms with van der Waals surface area (Å²) < 4.78 is 13.0. The molecule has 0 saturated heterocycles. The van der Waals surface area contributed by atoms with Crippen molar-refractivity contribution in [3.05, 3.63) is 112 Å². The van der Waals surface area contributed by atoms with Crippen LogP contribution in [0.3, 0.4) is 0 Å². The molecule has 2 aromatic carbocycles. The molecule has 1 unspecified atom stereocenters. The number of hydrogen-bond donors (Lipinski definition) is 1. The van der Waals surface area contributed by atoms with Crippen molar-refractivity contribution in [3.8, 4) is 11.3 Å². The third kappa shape index (κ3) is 5.08. The number of ether oxygens (including phenoxy) is 1. The molecule has 3 heterocycles. The van der Waals surface area contributed by atoms with Gasteiger partial charge in [0.2, 0.25) is 0 Å². The van der Waals surface area contributed by atoms with Crippen LogP contribution in [0, 0.1) is 0 Å². The second-order valence-corrected chi connectivity index (χ2v) is 10.4. The van der Waals surface area contributed by atoms with E-state index in [9.17, 15) is 19.5 Å². The summed E-state index contributed by atoms with van der Waals surface area (Å²) in [6.45, 7) is 3.60. The molecule has 0 aliphatic carbocycles. The standard InChI is InChI=1S/C28H20Cl2N2O6S/c1-3-37-27(36)23-14(2)31-28-32(24(23)15-4-7-17(29)8-5-15)25(33)22(39-28)13-18-9-11-21(38-18)16-6-10-20(30)19(12-16)26(34)35/h4-13,24H,3H2,1-2H3,(H,34,35)/b22-13-. The van der Waals surface area contributed by atoms with E-state index in [-0.39, 0.29) is 28.3 Å². The van der Waals surface area contributed by atoms with Crippen LogP contribution in [-0.2, 0) is 9.53 Å². The normalized spacial score (nSPS) is 15.2. The number of furan rings is 1. The number of fused-ring (bicyclic) bond motifs is 1. The van der Waals surface area contributed by atoms with E-state index in [2.05, 4.69) is 4.99 Å². The van der Waals surface area contributed by atoms with E-state index in [0.717, 1.165) is 11.3 Å². The molecule has 0 bridgehead atoms. The van der Waals surface area contributed by atoms with Crippen LogP contribution in [0.4, 0.5) is 0 Å². The van der Waals surface area contributed by atoms with Crippen LogP contribution in [0.15, 0.2) is 80.1 Å². The minimum absolute atomic E-state index is 0.0459. The minimum atomic E-state index is -1.15. The summed E-state index contributed by atoms with van der Waals surface area (Å²) in [6.07, 6.45) is 1.59. The number of carbonyl (C=O) groups excluding carboxylic acids is 1. The molecule has 198 valence electrons. The highest BCUT2D eigenvalue weighted by molar-refractivity contribution is 7.07. The summed E-state index contributed by atoms with van der Waals surface area (Å²) in [6, 6.07) is 14.1. The molecule has 1 atom stereocenters. The number of nitrogens with zero attached hydrogens (tertiary/aromatic N) is 2. The highest BCUT2D eigenvalue weighted by atomic mass is 35.5. The summed E-state index contributed by atoms with van der Waals surface area (Å²) in [5.41, 5.74) is 1.53. The van der Waals surface area contributed by atoms with Gasteiger partial charge in [-0.3, -0.25) is 9.36 Å². The maximum Gasteiger partial charge on any atom is 0.338 e. The van der Waals surface area contributed by atoms with Gasteiger partial charge in [0.1, 0.15) is 11.5 Å². The number of carboxylic acids is 1. The predicted octanol–water partition coefficient (Wildman–Crippen LogP) is 5.06. The van der Waals surface area contributed by atoms with Crippen LogP contribution in [0.5, 0.6) is 0 Å². The number of esters is 1. The third-order valence-electron chi connectivity index (χ3n) is 6.08. The van der Waals surface area contributed by atoms with Crippen molar-refractivity contribution in [1.29, 1.82) is 0 Å². The second kappa shape index (κ2) is 10.7. The van der Waals surface area contributed by atoms with Crippen molar-refractivity contribution in [2.75, 3.05) is 6.61 Å². The van der Waals surface area contributed by atoms with E-state index < -0.39 is 18.0 Å². The van der Waals surface area contributed by atoms with Crippen molar-refractivity contribution in [2.24, 2.45) is 4.99 Å². The molecule has 1 aliphatic heterocycles. The Balaban J connectivity index is 1.61. The van der Waals surface area contributed by atoms with Crippen LogP contribution in [-0.4, -0.2) is 28.2 Å². The number of rotatable bonds is 6. The number of aromatic carboxylic acids is 1. The Hall–Kier alpha value is -3.92. The monoisotopic (exact) mass is 582 g/mol. The Morgan fingerprint density at radius 3 is 2.59 bits per heavy atom. The van der Waals surface area contributed by atoms with E-state index in [1.54, 1.807) is 62.4 Å². The molecule has 1 N–H and O–H groups in total. The third-order valence-corrected chi connectivity index (χ3v) is 7.65. The lowest BCUT2D eigenvalue weighted by molar-refractivity contribution is -0.139. The first kappa shape index (κ1) is 26.7. The molecule has 0 amide bonds. The molecule has 1 aliphatic rings. The van der Waals surface area contributed by atoms with Crippen molar-refractivity contribution in [1.82, 2.24) is 4.57 Å². The topological polar surface area (TPSA) is 111 Å². The van der Waals surface area contributed by atoms with Gasteiger partial charge in [-0.15, -0.1) is 0 Å². The zero-order chi connectivity index (χ0) is 27.8. The Morgan fingerprint density at radius 2 is 1.90 bits per heavy atom. The number of carbonyl (C=O) groups is 2. The fourth-order valence-electron chi connectivity index (χ4n) is 4.31. The molecule has 0 spiro atoms. The summed E-state index contributed by atoms with van der Waals surface area (Å²) in [7, 11) is 0. The van der Waals surface area contributed by atoms with Gasteiger partial charge in [0, 0.05) is 16.7 Å². The van der Waals surface area contributed by atoms with Gasteiger partial charge < -0.3 is 14.3 Å². The zero-order valence-corrected chi connectivity index (χ0v) is 22.9. The lowest BCUT2D eigenvalue weighted by Crippen LogP contribution is -2.39. The Labute approximate surface area is 235 Å². The molecule has 2 aromatic heterocycles. The van der Waals surface area contributed by atoms with Crippen LogP contribution in [0.2, 0.25) is 10.0 Å². The molecule has 8 nitrogen and oxygen atoms in total. The summed E-state index contributed by atoms with van der Waals surface area (Å²) in [5, 5.41) is 10.0. The van der Waals surface area contributed by atoms with Crippen LogP contribution >= 0.6 is 34.5 Å². The number of allylic oxidation sites excluding steroid dienone is 1. The van der Waals surface area contributed by atoms with E-state index >= 15 is 0 Å². The quantitative estimate of drug-likeness (QED) is 0.318. The number of benzene rings is 2. The fraction of sp³-hybridized carbons (Fsp3) is 0.143.